The molecule has 1 amide bonds. The molecule has 1 saturated carbocycles. The fourth-order valence-corrected chi connectivity index (χ4v) is 5.13. The van der Waals surface area contributed by atoms with Gasteiger partial charge in [0.25, 0.3) is 0 Å². The van der Waals surface area contributed by atoms with Crippen molar-refractivity contribution in [1.82, 2.24) is 20.2 Å². The van der Waals surface area contributed by atoms with Crippen molar-refractivity contribution in [2.45, 2.75) is 57.4 Å². The number of likely N-dealkylation sites (tertiary alicyclic amines) is 1. The highest BCUT2D eigenvalue weighted by Gasteiger charge is 2.43. The molecule has 4 atom stereocenters. The average Bonchev–Trinajstić information content (AvgIpc) is 3.12. The number of hydrogen-bond acceptors (Lipinski definition) is 7. The van der Waals surface area contributed by atoms with Gasteiger partial charge < -0.3 is 25.2 Å². The summed E-state index contributed by atoms with van der Waals surface area (Å²) in [7, 11) is 0. The predicted molar refractivity (Wildman–Crippen MR) is 123 cm³/mol. The second-order valence-corrected chi connectivity index (χ2v) is 9.14. The second-order valence-electron chi connectivity index (χ2n) is 9.14. The van der Waals surface area contributed by atoms with Gasteiger partial charge in [-0.25, -0.2) is 9.97 Å². The first-order valence-corrected chi connectivity index (χ1v) is 11.8. The largest absolute Gasteiger partial charge is 0.486 e. The minimum Gasteiger partial charge on any atom is -0.486 e. The van der Waals surface area contributed by atoms with E-state index in [1.54, 1.807) is 13.1 Å². The van der Waals surface area contributed by atoms with E-state index < -0.39 is 6.10 Å². The molecule has 178 valence electrons. The van der Waals surface area contributed by atoms with Crippen molar-refractivity contribution in [1.29, 1.82) is 0 Å². The topological polar surface area (TPSA) is 108 Å². The fourth-order valence-electron chi connectivity index (χ4n) is 5.13. The highest BCUT2D eigenvalue weighted by molar-refractivity contribution is 5.73. The van der Waals surface area contributed by atoms with Crippen molar-refractivity contribution in [3.05, 3.63) is 54.1 Å². The van der Waals surface area contributed by atoms with Crippen LogP contribution < -0.4 is 10.1 Å². The molecule has 2 aromatic rings. The number of piperidine rings is 1. The molecule has 0 bridgehead atoms. The van der Waals surface area contributed by atoms with Crippen LogP contribution in [0.1, 0.15) is 37.7 Å². The average molecular weight is 455 g/mol. The molecular weight excluding hydrogens is 420 g/mol. The summed E-state index contributed by atoms with van der Waals surface area (Å²) in [6.45, 7) is 3.36. The lowest BCUT2D eigenvalue weighted by molar-refractivity contribution is -0.129. The minimum absolute atomic E-state index is 0.0537. The fraction of sp³-hybridized carbons (Fsp3) is 0.560. The summed E-state index contributed by atoms with van der Waals surface area (Å²) < 4.78 is 5.78. The molecule has 1 aromatic carbocycles. The summed E-state index contributed by atoms with van der Waals surface area (Å²) >= 11 is 0. The minimum atomic E-state index is -0.544. The van der Waals surface area contributed by atoms with Crippen LogP contribution in [0, 0.1) is 11.8 Å². The van der Waals surface area contributed by atoms with Gasteiger partial charge in [-0.05, 0) is 49.8 Å². The van der Waals surface area contributed by atoms with Crippen molar-refractivity contribution in [3.63, 3.8) is 0 Å². The molecule has 4 rings (SSSR count). The van der Waals surface area contributed by atoms with E-state index in [2.05, 4.69) is 15.3 Å². The van der Waals surface area contributed by atoms with Gasteiger partial charge in [-0.15, -0.1) is 0 Å². The summed E-state index contributed by atoms with van der Waals surface area (Å²) in [6, 6.07) is 11.9. The Hall–Kier alpha value is -2.55. The molecule has 0 unspecified atom stereocenters. The summed E-state index contributed by atoms with van der Waals surface area (Å²) in [5.41, 5.74) is 0.882. The number of carbonyl (C=O) groups excluding carboxylic acids is 1. The van der Waals surface area contributed by atoms with Gasteiger partial charge in [0, 0.05) is 56.5 Å². The number of amides is 1. The second kappa shape index (κ2) is 11.0. The molecule has 0 spiro atoms. The summed E-state index contributed by atoms with van der Waals surface area (Å²) in [5.74, 6) is 1.37. The normalized spacial score (nSPS) is 25.8. The Morgan fingerprint density at radius 2 is 1.94 bits per heavy atom. The monoisotopic (exact) mass is 454 g/mol. The molecule has 2 aliphatic rings. The van der Waals surface area contributed by atoms with Crippen LogP contribution >= 0.6 is 0 Å². The number of nitrogens with one attached hydrogen (secondary N) is 1. The Labute approximate surface area is 195 Å². The number of hydrogen-bond donors (Lipinski definition) is 3. The Bertz CT molecular complexity index is 904. The van der Waals surface area contributed by atoms with Crippen molar-refractivity contribution in [2.75, 3.05) is 19.7 Å². The van der Waals surface area contributed by atoms with Gasteiger partial charge in [0.05, 0.1) is 6.10 Å². The van der Waals surface area contributed by atoms with Crippen LogP contribution in [0.5, 0.6) is 5.75 Å². The number of aromatic nitrogens is 2. The van der Waals surface area contributed by atoms with Crippen LogP contribution in [0.25, 0.3) is 0 Å². The third-order valence-corrected chi connectivity index (χ3v) is 6.98. The van der Waals surface area contributed by atoms with Gasteiger partial charge in [0.15, 0.2) is 5.82 Å². The molecule has 8 heteroatoms. The predicted octanol–water partition coefficient (Wildman–Crippen LogP) is 1.56. The van der Waals surface area contributed by atoms with Crippen LogP contribution in [-0.4, -0.2) is 68.9 Å². The van der Waals surface area contributed by atoms with Crippen LogP contribution in [0.4, 0.5) is 0 Å². The zero-order valence-corrected chi connectivity index (χ0v) is 19.1. The zero-order chi connectivity index (χ0) is 23.2. The number of carbonyl (C=O) groups is 1. The molecule has 2 heterocycles. The molecule has 2 fully saturated rings. The molecule has 1 aliphatic carbocycles. The lowest BCUT2D eigenvalue weighted by Gasteiger charge is -2.35. The van der Waals surface area contributed by atoms with E-state index in [-0.39, 0.29) is 37.0 Å². The summed E-state index contributed by atoms with van der Waals surface area (Å²) in [4.78, 5) is 22.5. The molecule has 0 radical (unpaired) electrons. The highest BCUT2D eigenvalue weighted by Crippen LogP contribution is 2.35. The zero-order valence-electron chi connectivity index (χ0n) is 19.1. The Morgan fingerprint density at radius 1 is 1.18 bits per heavy atom. The maximum atomic E-state index is 11.6. The molecule has 8 nitrogen and oxygen atoms in total. The molecule has 33 heavy (non-hydrogen) atoms. The van der Waals surface area contributed by atoms with Crippen molar-refractivity contribution < 1.29 is 19.7 Å². The SMILES string of the molecule is CC(=O)N1CCC(N[C@@H]2C[C@@H](O)[C@H](CO)[C@H]2Cc2ccnc(COc3ccccc3)n2)CC1. The molecule has 1 aromatic heterocycles. The van der Waals surface area contributed by atoms with Crippen LogP contribution in [0.2, 0.25) is 0 Å². The molecule has 1 aliphatic heterocycles. The summed E-state index contributed by atoms with van der Waals surface area (Å²) in [6.07, 6.45) is 4.25. The van der Waals surface area contributed by atoms with Crippen molar-refractivity contribution in [2.24, 2.45) is 11.8 Å². The molecular formula is C25H34N4O4. The third-order valence-electron chi connectivity index (χ3n) is 6.98. The number of rotatable bonds is 8. The number of aliphatic hydroxyl groups excluding tert-OH is 2. The van der Waals surface area contributed by atoms with E-state index in [0.717, 1.165) is 37.4 Å². The maximum Gasteiger partial charge on any atom is 0.219 e. The standard InChI is InChI=1S/C25H34N4O4/c1-17(31)29-11-8-18(9-12-29)27-23-14-24(32)22(15-30)21(23)13-19-7-10-26-25(28-19)16-33-20-5-3-2-4-6-20/h2-7,10,18,21-24,27,30,32H,8-9,11-16H2,1H3/t21-,22-,23-,24-/m1/s1. The van der Waals surface area contributed by atoms with E-state index in [9.17, 15) is 15.0 Å². The maximum absolute atomic E-state index is 11.6. The van der Waals surface area contributed by atoms with E-state index in [1.165, 1.54) is 0 Å². The number of nitrogens with zero attached hydrogens (tertiary/aromatic N) is 3. The van der Waals surface area contributed by atoms with Gasteiger partial charge in [-0.2, -0.15) is 0 Å². The lowest BCUT2D eigenvalue weighted by Crippen LogP contribution is -2.49. The van der Waals surface area contributed by atoms with Crippen molar-refractivity contribution >= 4 is 5.91 Å². The van der Waals surface area contributed by atoms with Gasteiger partial charge in [0.2, 0.25) is 5.91 Å². The Morgan fingerprint density at radius 3 is 2.64 bits per heavy atom. The van der Waals surface area contributed by atoms with Gasteiger partial charge in [0.1, 0.15) is 12.4 Å². The number of aliphatic hydroxyl groups is 2. The van der Waals surface area contributed by atoms with Crippen LogP contribution in [0.3, 0.4) is 0 Å². The smallest absolute Gasteiger partial charge is 0.219 e. The van der Waals surface area contributed by atoms with Crippen LogP contribution in [0.15, 0.2) is 42.6 Å². The number of ether oxygens (including phenoxy) is 1. The molecule has 3 N–H and O–H groups in total. The quantitative estimate of drug-likeness (QED) is 0.556. The van der Waals surface area contributed by atoms with E-state index in [4.69, 9.17) is 4.74 Å². The van der Waals surface area contributed by atoms with E-state index in [0.29, 0.717) is 24.7 Å². The van der Waals surface area contributed by atoms with Crippen LogP contribution in [-0.2, 0) is 17.8 Å². The first kappa shape index (κ1) is 23.6. The lowest BCUT2D eigenvalue weighted by atomic mass is 9.88. The first-order valence-electron chi connectivity index (χ1n) is 11.8. The third kappa shape index (κ3) is 6.07. The van der Waals surface area contributed by atoms with Crippen molar-refractivity contribution in [3.8, 4) is 5.75 Å². The van der Waals surface area contributed by atoms with Gasteiger partial charge >= 0.3 is 0 Å². The number of para-hydroxylation sites is 1. The number of benzene rings is 1. The molecule has 1 saturated heterocycles. The van der Waals surface area contributed by atoms with E-state index >= 15 is 0 Å². The highest BCUT2D eigenvalue weighted by atomic mass is 16.5. The first-order chi connectivity index (χ1) is 16.0. The van der Waals surface area contributed by atoms with Gasteiger partial charge in [-0.1, -0.05) is 18.2 Å². The summed E-state index contributed by atoms with van der Waals surface area (Å²) in [5, 5.41) is 24.3. The van der Waals surface area contributed by atoms with Gasteiger partial charge in [-0.3, -0.25) is 4.79 Å². The Kier molecular flexibility index (Phi) is 7.90. The van der Waals surface area contributed by atoms with E-state index in [1.807, 2.05) is 41.3 Å². The Balaban J connectivity index is 1.39.